The third-order valence-corrected chi connectivity index (χ3v) is 6.55. The van der Waals surface area contributed by atoms with Gasteiger partial charge in [0, 0.05) is 44.2 Å². The molecule has 3 aromatic carbocycles. The molecule has 35 heavy (non-hydrogen) atoms. The van der Waals surface area contributed by atoms with Crippen molar-refractivity contribution >= 4 is 23.1 Å². The van der Waals surface area contributed by atoms with Gasteiger partial charge in [-0.15, -0.1) is 0 Å². The number of hydrogen-bond donors (Lipinski definition) is 1. The van der Waals surface area contributed by atoms with E-state index in [9.17, 15) is 4.79 Å². The molecular formula is C30H30N4O. The maximum atomic E-state index is 13.0. The highest BCUT2D eigenvalue weighted by Crippen LogP contribution is 2.28. The normalized spacial score (nSPS) is 13.6. The first kappa shape index (κ1) is 22.7. The Bertz CT molecular complexity index is 1170. The van der Waals surface area contributed by atoms with Gasteiger partial charge in [0.25, 0.3) is 0 Å². The van der Waals surface area contributed by atoms with Gasteiger partial charge in [-0.3, -0.25) is 4.79 Å². The number of aromatic nitrogens is 1. The summed E-state index contributed by atoms with van der Waals surface area (Å²) in [6.45, 7) is 3.77. The molecular weight excluding hydrogens is 432 g/mol. The number of amides is 1. The summed E-state index contributed by atoms with van der Waals surface area (Å²) >= 11 is 0. The van der Waals surface area contributed by atoms with Gasteiger partial charge in [-0.05, 0) is 35.4 Å². The van der Waals surface area contributed by atoms with Gasteiger partial charge in [0.05, 0.1) is 11.9 Å². The number of hydrogen-bond acceptors (Lipinski definition) is 4. The van der Waals surface area contributed by atoms with Crippen LogP contribution in [0.2, 0.25) is 0 Å². The van der Waals surface area contributed by atoms with E-state index >= 15 is 0 Å². The van der Waals surface area contributed by atoms with Crippen LogP contribution in [0.3, 0.4) is 0 Å². The maximum Gasteiger partial charge on any atom is 0.225 e. The summed E-state index contributed by atoms with van der Waals surface area (Å²) in [5, 5.41) is 3.04. The van der Waals surface area contributed by atoms with Crippen LogP contribution in [0.5, 0.6) is 0 Å². The van der Waals surface area contributed by atoms with E-state index in [-0.39, 0.29) is 11.8 Å². The lowest BCUT2D eigenvalue weighted by Gasteiger charge is -2.36. The fourth-order valence-corrected chi connectivity index (χ4v) is 4.68. The third kappa shape index (κ3) is 5.69. The van der Waals surface area contributed by atoms with E-state index in [1.54, 1.807) is 6.20 Å². The molecule has 0 saturated carbocycles. The Morgan fingerprint density at radius 3 is 1.80 bits per heavy atom. The van der Waals surface area contributed by atoms with E-state index in [0.717, 1.165) is 48.8 Å². The van der Waals surface area contributed by atoms with E-state index in [1.807, 2.05) is 54.6 Å². The van der Waals surface area contributed by atoms with Gasteiger partial charge < -0.3 is 15.1 Å². The zero-order valence-corrected chi connectivity index (χ0v) is 19.8. The number of anilines is 3. The first-order chi connectivity index (χ1) is 17.3. The van der Waals surface area contributed by atoms with E-state index in [2.05, 4.69) is 68.6 Å². The lowest BCUT2D eigenvalue weighted by molar-refractivity contribution is -0.116. The number of rotatable bonds is 7. The van der Waals surface area contributed by atoms with Crippen molar-refractivity contribution in [3.63, 3.8) is 0 Å². The second kappa shape index (κ2) is 10.9. The van der Waals surface area contributed by atoms with Crippen LogP contribution in [0.4, 0.5) is 17.2 Å². The van der Waals surface area contributed by atoms with E-state index in [0.29, 0.717) is 6.42 Å². The summed E-state index contributed by atoms with van der Waals surface area (Å²) < 4.78 is 0. The fourth-order valence-electron chi connectivity index (χ4n) is 4.68. The standard InChI is InChI=1S/C30H30N4O/c35-30(22-28(24-10-4-1-5-11-24)25-12-6-2-7-13-25)32-26-16-17-29(31-23-26)34-20-18-33(19-21-34)27-14-8-3-9-15-27/h1-17,23,28H,18-22H2,(H,32,35). The molecule has 4 aromatic rings. The topological polar surface area (TPSA) is 48.5 Å². The van der Waals surface area contributed by atoms with Crippen LogP contribution >= 0.6 is 0 Å². The van der Waals surface area contributed by atoms with Crippen molar-refractivity contribution < 1.29 is 4.79 Å². The fraction of sp³-hybridized carbons (Fsp3) is 0.200. The molecule has 5 nitrogen and oxygen atoms in total. The molecule has 0 unspecified atom stereocenters. The summed E-state index contributed by atoms with van der Waals surface area (Å²) in [4.78, 5) is 22.3. The van der Waals surface area contributed by atoms with Crippen molar-refractivity contribution in [2.45, 2.75) is 12.3 Å². The first-order valence-electron chi connectivity index (χ1n) is 12.2. The molecule has 1 aromatic heterocycles. The molecule has 176 valence electrons. The van der Waals surface area contributed by atoms with Crippen molar-refractivity contribution in [2.24, 2.45) is 0 Å². The predicted octanol–water partition coefficient (Wildman–Crippen LogP) is 5.57. The van der Waals surface area contributed by atoms with E-state index in [4.69, 9.17) is 0 Å². The van der Waals surface area contributed by atoms with Gasteiger partial charge >= 0.3 is 0 Å². The molecule has 0 spiro atoms. The van der Waals surface area contributed by atoms with Gasteiger partial charge in [-0.25, -0.2) is 4.98 Å². The number of benzene rings is 3. The highest BCUT2D eigenvalue weighted by molar-refractivity contribution is 5.91. The zero-order chi connectivity index (χ0) is 23.9. The summed E-state index contributed by atoms with van der Waals surface area (Å²) in [6.07, 6.45) is 2.13. The van der Waals surface area contributed by atoms with Gasteiger partial charge in [0.1, 0.15) is 5.82 Å². The molecule has 5 heteroatoms. The van der Waals surface area contributed by atoms with Crippen LogP contribution in [0.25, 0.3) is 0 Å². The lowest BCUT2D eigenvalue weighted by atomic mass is 9.88. The molecule has 5 rings (SSSR count). The molecule has 0 aliphatic carbocycles. The van der Waals surface area contributed by atoms with Crippen molar-refractivity contribution in [2.75, 3.05) is 41.3 Å². The van der Waals surface area contributed by atoms with Gasteiger partial charge in [0.2, 0.25) is 5.91 Å². The second-order valence-corrected chi connectivity index (χ2v) is 8.84. The van der Waals surface area contributed by atoms with Crippen molar-refractivity contribution in [1.29, 1.82) is 0 Å². The molecule has 1 N–H and O–H groups in total. The molecule has 2 heterocycles. The lowest BCUT2D eigenvalue weighted by Crippen LogP contribution is -2.46. The Balaban J connectivity index is 1.20. The third-order valence-electron chi connectivity index (χ3n) is 6.55. The number of nitrogens with one attached hydrogen (secondary N) is 1. The number of para-hydroxylation sites is 1. The van der Waals surface area contributed by atoms with Crippen LogP contribution in [0, 0.1) is 0 Å². The van der Waals surface area contributed by atoms with Crippen molar-refractivity contribution in [3.8, 4) is 0 Å². The molecule has 1 aliphatic heterocycles. The Labute approximate surface area is 207 Å². The van der Waals surface area contributed by atoms with Crippen LogP contribution in [-0.4, -0.2) is 37.1 Å². The Kier molecular flexibility index (Phi) is 7.04. The average molecular weight is 463 g/mol. The maximum absolute atomic E-state index is 13.0. The number of piperazine rings is 1. The smallest absolute Gasteiger partial charge is 0.225 e. The Morgan fingerprint density at radius 2 is 1.26 bits per heavy atom. The first-order valence-corrected chi connectivity index (χ1v) is 12.2. The summed E-state index contributed by atoms with van der Waals surface area (Å²) in [7, 11) is 0. The number of pyridine rings is 1. The molecule has 1 fully saturated rings. The quantitative estimate of drug-likeness (QED) is 0.390. The van der Waals surface area contributed by atoms with Crippen LogP contribution in [0.15, 0.2) is 109 Å². The second-order valence-electron chi connectivity index (χ2n) is 8.84. The van der Waals surface area contributed by atoms with Gasteiger partial charge in [-0.1, -0.05) is 78.9 Å². The largest absolute Gasteiger partial charge is 0.368 e. The van der Waals surface area contributed by atoms with Crippen LogP contribution in [0.1, 0.15) is 23.5 Å². The highest BCUT2D eigenvalue weighted by atomic mass is 16.1. The minimum absolute atomic E-state index is 0.00513. The molecule has 0 radical (unpaired) electrons. The molecule has 1 amide bonds. The van der Waals surface area contributed by atoms with E-state index in [1.165, 1.54) is 5.69 Å². The minimum atomic E-state index is -0.0197. The summed E-state index contributed by atoms with van der Waals surface area (Å²) in [6, 6.07) is 34.9. The SMILES string of the molecule is O=C(CC(c1ccccc1)c1ccccc1)Nc1ccc(N2CCN(c3ccccc3)CC2)nc1. The molecule has 1 saturated heterocycles. The number of carbonyl (C=O) groups is 1. The highest BCUT2D eigenvalue weighted by Gasteiger charge is 2.20. The minimum Gasteiger partial charge on any atom is -0.368 e. The summed E-state index contributed by atoms with van der Waals surface area (Å²) in [5.41, 5.74) is 4.26. The molecule has 0 atom stereocenters. The predicted molar refractivity (Wildman–Crippen MR) is 143 cm³/mol. The monoisotopic (exact) mass is 462 g/mol. The molecule has 0 bridgehead atoms. The summed E-state index contributed by atoms with van der Waals surface area (Å²) in [5.74, 6) is 0.932. The zero-order valence-electron chi connectivity index (χ0n) is 19.8. The molecule has 1 aliphatic rings. The number of carbonyl (C=O) groups excluding carboxylic acids is 1. The van der Waals surface area contributed by atoms with Gasteiger partial charge in [0.15, 0.2) is 0 Å². The Hall–Kier alpha value is -4.12. The van der Waals surface area contributed by atoms with E-state index < -0.39 is 0 Å². The van der Waals surface area contributed by atoms with Crippen molar-refractivity contribution in [3.05, 3.63) is 120 Å². The van der Waals surface area contributed by atoms with Gasteiger partial charge in [-0.2, -0.15) is 0 Å². The van der Waals surface area contributed by atoms with Crippen LogP contribution < -0.4 is 15.1 Å². The van der Waals surface area contributed by atoms with Crippen LogP contribution in [-0.2, 0) is 4.79 Å². The Morgan fingerprint density at radius 1 is 0.714 bits per heavy atom. The van der Waals surface area contributed by atoms with Crippen molar-refractivity contribution in [1.82, 2.24) is 4.98 Å². The number of nitrogens with zero attached hydrogens (tertiary/aromatic N) is 3. The average Bonchev–Trinajstić information content (AvgIpc) is 2.94.